The van der Waals surface area contributed by atoms with E-state index in [-0.39, 0.29) is 17.6 Å². The van der Waals surface area contributed by atoms with E-state index in [9.17, 15) is 0 Å². The van der Waals surface area contributed by atoms with Gasteiger partial charge < -0.3 is 9.47 Å². The summed E-state index contributed by atoms with van der Waals surface area (Å²) in [6, 6.07) is -0.172. The molecule has 1 heterocycles. The molecule has 0 spiro atoms. The Kier molecular flexibility index (Phi) is 6.60. The quantitative estimate of drug-likeness (QED) is 0.581. The van der Waals surface area contributed by atoms with Gasteiger partial charge in [0.05, 0.1) is 41.7 Å². The van der Waals surface area contributed by atoms with E-state index < -0.39 is 0 Å². The minimum atomic E-state index is -0.172. The highest BCUT2D eigenvalue weighted by atomic mass is 79.9. The Bertz CT molecular complexity index is 417. The van der Waals surface area contributed by atoms with Crippen LogP contribution in [0.3, 0.4) is 0 Å². The predicted octanol–water partition coefficient (Wildman–Crippen LogP) is 1.86. The Labute approximate surface area is 129 Å². The van der Waals surface area contributed by atoms with E-state index in [2.05, 4.69) is 47.2 Å². The van der Waals surface area contributed by atoms with Crippen molar-refractivity contribution in [1.29, 1.82) is 0 Å². The summed E-state index contributed by atoms with van der Waals surface area (Å²) < 4.78 is 13.6. The number of hydrogen-bond acceptors (Lipinski definition) is 5. The van der Waals surface area contributed by atoms with E-state index >= 15 is 0 Å². The summed E-state index contributed by atoms with van der Waals surface area (Å²) in [5, 5.41) is 4.36. The summed E-state index contributed by atoms with van der Waals surface area (Å²) in [7, 11) is 3.37. The highest BCUT2D eigenvalue weighted by molar-refractivity contribution is 9.10. The summed E-state index contributed by atoms with van der Waals surface area (Å²) in [6.07, 6.45) is 1.67. The van der Waals surface area contributed by atoms with Gasteiger partial charge in [-0.2, -0.15) is 5.10 Å². The van der Waals surface area contributed by atoms with Crippen LogP contribution in [-0.2, 0) is 16.0 Å². The number of nitrogens with two attached hydrogens (primary N) is 1. The Morgan fingerprint density at radius 2 is 2.10 bits per heavy atom. The Balaban J connectivity index is 3.14. The van der Waals surface area contributed by atoms with Crippen LogP contribution < -0.4 is 11.3 Å². The van der Waals surface area contributed by atoms with Crippen molar-refractivity contribution in [2.24, 2.45) is 11.3 Å². The van der Waals surface area contributed by atoms with Gasteiger partial charge >= 0.3 is 0 Å². The second-order valence-corrected chi connectivity index (χ2v) is 6.61. The molecule has 0 fully saturated rings. The SMILES string of the molecule is COCCn1ncc(Br)c1C(NN)C(OC)C(C)(C)C. The maximum Gasteiger partial charge on any atom is 0.0906 e. The first kappa shape index (κ1) is 17.6. The molecule has 1 rings (SSSR count). The van der Waals surface area contributed by atoms with E-state index in [0.717, 1.165) is 10.2 Å². The van der Waals surface area contributed by atoms with Crippen LogP contribution in [0, 0.1) is 5.41 Å². The highest BCUT2D eigenvalue weighted by Gasteiger charge is 2.35. The predicted molar refractivity (Wildman–Crippen MR) is 82.1 cm³/mol. The van der Waals surface area contributed by atoms with E-state index in [1.165, 1.54) is 0 Å². The molecule has 2 unspecified atom stereocenters. The Hall–Kier alpha value is -0.470. The summed E-state index contributed by atoms with van der Waals surface area (Å²) >= 11 is 3.54. The van der Waals surface area contributed by atoms with Crippen LogP contribution in [0.25, 0.3) is 0 Å². The smallest absolute Gasteiger partial charge is 0.0906 e. The molecule has 0 aliphatic carbocycles. The lowest BCUT2D eigenvalue weighted by Crippen LogP contribution is -2.45. The van der Waals surface area contributed by atoms with Crippen molar-refractivity contribution in [2.75, 3.05) is 20.8 Å². The van der Waals surface area contributed by atoms with E-state index in [4.69, 9.17) is 15.3 Å². The topological polar surface area (TPSA) is 74.3 Å². The number of methoxy groups -OCH3 is 2. The van der Waals surface area contributed by atoms with Gasteiger partial charge in [-0.1, -0.05) is 20.8 Å². The summed E-state index contributed by atoms with van der Waals surface area (Å²) in [5.74, 6) is 5.78. The largest absolute Gasteiger partial charge is 0.383 e. The lowest BCUT2D eigenvalue weighted by Gasteiger charge is -2.36. The number of ether oxygens (including phenoxy) is 2. The Morgan fingerprint density at radius 3 is 2.55 bits per heavy atom. The fourth-order valence-electron chi connectivity index (χ4n) is 2.34. The second kappa shape index (κ2) is 7.51. The molecule has 20 heavy (non-hydrogen) atoms. The molecule has 1 aromatic heterocycles. The molecule has 116 valence electrons. The molecule has 3 N–H and O–H groups in total. The molecule has 0 saturated carbocycles. The molecule has 0 aliphatic heterocycles. The van der Waals surface area contributed by atoms with Crippen molar-refractivity contribution in [3.8, 4) is 0 Å². The van der Waals surface area contributed by atoms with Crippen LogP contribution in [0.2, 0.25) is 0 Å². The molecule has 0 aromatic carbocycles. The van der Waals surface area contributed by atoms with Crippen LogP contribution in [0.1, 0.15) is 32.5 Å². The number of hydrogen-bond donors (Lipinski definition) is 2. The van der Waals surface area contributed by atoms with Crippen LogP contribution >= 0.6 is 15.9 Å². The molecule has 0 saturated heterocycles. The molecule has 6 nitrogen and oxygen atoms in total. The van der Waals surface area contributed by atoms with Gasteiger partial charge in [0.25, 0.3) is 0 Å². The van der Waals surface area contributed by atoms with Crippen LogP contribution in [0.4, 0.5) is 0 Å². The summed E-state index contributed by atoms with van der Waals surface area (Å²) in [6.45, 7) is 7.61. The van der Waals surface area contributed by atoms with Gasteiger partial charge in [-0.25, -0.2) is 5.43 Å². The maximum atomic E-state index is 5.78. The normalized spacial score (nSPS) is 15.3. The zero-order chi connectivity index (χ0) is 15.3. The van der Waals surface area contributed by atoms with E-state index in [0.29, 0.717) is 13.2 Å². The standard InChI is InChI=1S/C13H25BrN4O2/c1-13(2,3)12(20-5)10(17-15)11-9(14)8-16-18(11)6-7-19-4/h8,10,12,17H,6-7,15H2,1-5H3. The third kappa shape index (κ3) is 4.02. The Morgan fingerprint density at radius 1 is 1.45 bits per heavy atom. The minimum Gasteiger partial charge on any atom is -0.383 e. The van der Waals surface area contributed by atoms with E-state index in [1.54, 1.807) is 20.4 Å². The van der Waals surface area contributed by atoms with Gasteiger partial charge in [-0.05, 0) is 21.3 Å². The lowest BCUT2D eigenvalue weighted by molar-refractivity contribution is -0.0145. The van der Waals surface area contributed by atoms with Crippen molar-refractivity contribution in [3.05, 3.63) is 16.4 Å². The molecular weight excluding hydrogens is 324 g/mol. The molecule has 0 radical (unpaired) electrons. The molecule has 0 bridgehead atoms. The number of halogens is 1. The number of rotatable bonds is 7. The third-order valence-electron chi connectivity index (χ3n) is 3.22. The zero-order valence-corrected chi connectivity index (χ0v) is 14.4. The third-order valence-corrected chi connectivity index (χ3v) is 3.84. The molecule has 0 amide bonds. The fourth-order valence-corrected chi connectivity index (χ4v) is 2.88. The van der Waals surface area contributed by atoms with Gasteiger partial charge in [-0.15, -0.1) is 0 Å². The van der Waals surface area contributed by atoms with Crippen molar-refractivity contribution in [2.45, 2.75) is 39.5 Å². The van der Waals surface area contributed by atoms with Gasteiger partial charge in [-0.3, -0.25) is 10.5 Å². The van der Waals surface area contributed by atoms with Crippen molar-refractivity contribution < 1.29 is 9.47 Å². The van der Waals surface area contributed by atoms with Crippen molar-refractivity contribution >= 4 is 15.9 Å². The first-order valence-corrected chi connectivity index (χ1v) is 7.35. The lowest BCUT2D eigenvalue weighted by atomic mass is 9.83. The number of aromatic nitrogens is 2. The van der Waals surface area contributed by atoms with Crippen LogP contribution in [-0.4, -0.2) is 36.7 Å². The first-order chi connectivity index (χ1) is 9.36. The molecule has 2 atom stereocenters. The van der Waals surface area contributed by atoms with Crippen LogP contribution in [0.15, 0.2) is 10.7 Å². The number of hydrazine groups is 1. The highest BCUT2D eigenvalue weighted by Crippen LogP contribution is 2.34. The summed E-state index contributed by atoms with van der Waals surface area (Å²) in [4.78, 5) is 0. The number of nitrogens with zero attached hydrogens (tertiary/aromatic N) is 2. The van der Waals surface area contributed by atoms with Gasteiger partial charge in [0.1, 0.15) is 0 Å². The average molecular weight is 349 g/mol. The van der Waals surface area contributed by atoms with Gasteiger partial charge in [0.15, 0.2) is 0 Å². The van der Waals surface area contributed by atoms with Gasteiger partial charge in [0, 0.05) is 14.2 Å². The molecule has 7 heteroatoms. The molecular formula is C13H25BrN4O2. The summed E-state index contributed by atoms with van der Waals surface area (Å²) in [5.41, 5.74) is 3.76. The van der Waals surface area contributed by atoms with Crippen molar-refractivity contribution in [3.63, 3.8) is 0 Å². The molecule has 1 aromatic rings. The molecule has 0 aliphatic rings. The fraction of sp³-hybridized carbons (Fsp3) is 0.769. The van der Waals surface area contributed by atoms with E-state index in [1.807, 2.05) is 4.68 Å². The average Bonchev–Trinajstić information content (AvgIpc) is 2.73. The van der Waals surface area contributed by atoms with Crippen molar-refractivity contribution in [1.82, 2.24) is 15.2 Å². The first-order valence-electron chi connectivity index (χ1n) is 6.55. The van der Waals surface area contributed by atoms with Crippen LogP contribution in [0.5, 0.6) is 0 Å². The second-order valence-electron chi connectivity index (χ2n) is 5.76. The zero-order valence-electron chi connectivity index (χ0n) is 12.8. The monoisotopic (exact) mass is 348 g/mol. The minimum absolute atomic E-state index is 0.0679. The number of nitrogens with one attached hydrogen (secondary N) is 1. The maximum absolute atomic E-state index is 5.78. The van der Waals surface area contributed by atoms with Gasteiger partial charge in [0.2, 0.25) is 0 Å².